The number of hydrogen-bond donors (Lipinski definition) is 1. The summed E-state index contributed by atoms with van der Waals surface area (Å²) in [5.74, 6) is -0.305. The van der Waals surface area contributed by atoms with Gasteiger partial charge in [-0.25, -0.2) is 0 Å². The average Bonchev–Trinajstić information content (AvgIpc) is 2.51. The molecular formula is C17H15F6NO. The van der Waals surface area contributed by atoms with E-state index in [0.29, 0.717) is 25.1 Å². The molecule has 0 aliphatic heterocycles. The first-order valence-electron chi connectivity index (χ1n) is 7.35. The minimum Gasteiger partial charge on any atom is -0.406 e. The zero-order chi connectivity index (χ0) is 18.5. The van der Waals surface area contributed by atoms with Crippen LogP contribution in [0.15, 0.2) is 48.5 Å². The third-order valence-corrected chi connectivity index (χ3v) is 3.33. The van der Waals surface area contributed by atoms with Gasteiger partial charge in [-0.15, -0.1) is 13.2 Å². The summed E-state index contributed by atoms with van der Waals surface area (Å²) < 4.78 is 77.8. The fourth-order valence-corrected chi connectivity index (χ4v) is 2.18. The van der Waals surface area contributed by atoms with Gasteiger partial charge in [-0.2, -0.15) is 13.2 Å². The van der Waals surface area contributed by atoms with E-state index in [9.17, 15) is 26.3 Å². The molecule has 0 radical (unpaired) electrons. The van der Waals surface area contributed by atoms with Crippen LogP contribution in [0.25, 0.3) is 0 Å². The van der Waals surface area contributed by atoms with Gasteiger partial charge in [-0.3, -0.25) is 0 Å². The topological polar surface area (TPSA) is 21.3 Å². The van der Waals surface area contributed by atoms with Crippen LogP contribution in [-0.2, 0) is 19.1 Å². The first kappa shape index (κ1) is 19.1. The molecule has 0 aromatic heterocycles. The Morgan fingerprint density at radius 3 is 2.12 bits per heavy atom. The van der Waals surface area contributed by atoms with Crippen molar-refractivity contribution in [3.63, 3.8) is 0 Å². The molecule has 0 saturated carbocycles. The molecule has 25 heavy (non-hydrogen) atoms. The highest BCUT2D eigenvalue weighted by Crippen LogP contribution is 2.29. The number of nitrogens with one attached hydrogen (secondary N) is 1. The van der Waals surface area contributed by atoms with Crippen LogP contribution in [0.3, 0.4) is 0 Å². The second-order valence-electron chi connectivity index (χ2n) is 5.32. The number of ether oxygens (including phenoxy) is 1. The third kappa shape index (κ3) is 6.66. The van der Waals surface area contributed by atoms with Gasteiger partial charge < -0.3 is 10.1 Å². The Labute approximate surface area is 140 Å². The van der Waals surface area contributed by atoms with Crippen LogP contribution in [-0.4, -0.2) is 12.9 Å². The van der Waals surface area contributed by atoms with Gasteiger partial charge in [0.05, 0.1) is 5.56 Å². The van der Waals surface area contributed by atoms with Crippen molar-refractivity contribution >= 4 is 0 Å². The molecule has 2 aromatic rings. The van der Waals surface area contributed by atoms with Crippen LogP contribution < -0.4 is 10.1 Å². The van der Waals surface area contributed by atoms with Crippen LogP contribution >= 0.6 is 0 Å². The van der Waals surface area contributed by atoms with E-state index < -0.39 is 18.1 Å². The number of benzene rings is 2. The Morgan fingerprint density at radius 1 is 0.840 bits per heavy atom. The minimum absolute atomic E-state index is 0.305. The summed E-state index contributed by atoms with van der Waals surface area (Å²) in [4.78, 5) is 0. The van der Waals surface area contributed by atoms with Crippen molar-refractivity contribution in [2.75, 3.05) is 6.54 Å². The van der Waals surface area contributed by atoms with Gasteiger partial charge in [0, 0.05) is 6.54 Å². The standard InChI is InChI=1S/C17H15F6NO/c18-16(19,20)14-3-1-2-12(10-14)8-9-24-11-13-4-6-15(7-5-13)25-17(21,22)23/h1-7,10,24H,8-9,11H2. The molecule has 0 unspecified atom stereocenters. The first-order valence-corrected chi connectivity index (χ1v) is 7.35. The van der Waals surface area contributed by atoms with E-state index in [4.69, 9.17) is 0 Å². The van der Waals surface area contributed by atoms with Crippen LogP contribution in [0.2, 0.25) is 0 Å². The van der Waals surface area contributed by atoms with Crippen LogP contribution in [0.4, 0.5) is 26.3 Å². The Hall–Kier alpha value is -2.22. The monoisotopic (exact) mass is 363 g/mol. The molecule has 0 atom stereocenters. The highest BCUT2D eigenvalue weighted by Gasteiger charge is 2.31. The zero-order valence-electron chi connectivity index (χ0n) is 12.9. The zero-order valence-corrected chi connectivity index (χ0v) is 12.9. The molecule has 0 fully saturated rings. The van der Waals surface area contributed by atoms with E-state index in [-0.39, 0.29) is 5.75 Å². The molecule has 0 heterocycles. The summed E-state index contributed by atoms with van der Waals surface area (Å²) in [6, 6.07) is 10.5. The molecule has 0 spiro atoms. The average molecular weight is 363 g/mol. The molecule has 2 nitrogen and oxygen atoms in total. The van der Waals surface area contributed by atoms with Crippen LogP contribution in [0.1, 0.15) is 16.7 Å². The largest absolute Gasteiger partial charge is 0.573 e. The molecule has 0 aliphatic rings. The molecule has 136 valence electrons. The van der Waals surface area contributed by atoms with Crippen molar-refractivity contribution in [1.29, 1.82) is 0 Å². The number of alkyl halides is 6. The van der Waals surface area contributed by atoms with Crippen molar-refractivity contribution in [2.24, 2.45) is 0 Å². The highest BCUT2D eigenvalue weighted by atomic mass is 19.4. The van der Waals surface area contributed by atoms with E-state index in [1.54, 1.807) is 6.07 Å². The highest BCUT2D eigenvalue weighted by molar-refractivity contribution is 5.28. The Morgan fingerprint density at radius 2 is 1.52 bits per heavy atom. The maximum absolute atomic E-state index is 12.6. The molecule has 2 aromatic carbocycles. The van der Waals surface area contributed by atoms with Crippen molar-refractivity contribution < 1.29 is 31.1 Å². The SMILES string of the molecule is FC(F)(F)Oc1ccc(CNCCc2cccc(C(F)(F)F)c2)cc1. The van der Waals surface area contributed by atoms with E-state index in [1.165, 1.54) is 30.3 Å². The summed E-state index contributed by atoms with van der Waals surface area (Å²) in [6.07, 6.45) is -8.70. The molecular weight excluding hydrogens is 348 g/mol. The Balaban J connectivity index is 1.80. The summed E-state index contributed by atoms with van der Waals surface area (Å²) in [5, 5.41) is 3.03. The summed E-state index contributed by atoms with van der Waals surface area (Å²) in [6.45, 7) is 0.813. The minimum atomic E-state index is -4.73. The van der Waals surface area contributed by atoms with Gasteiger partial charge in [0.15, 0.2) is 0 Å². The second kappa shape index (κ2) is 7.77. The van der Waals surface area contributed by atoms with Gasteiger partial charge in [0.2, 0.25) is 0 Å². The lowest BCUT2D eigenvalue weighted by atomic mass is 10.1. The molecule has 2 rings (SSSR count). The van der Waals surface area contributed by atoms with E-state index in [0.717, 1.165) is 17.7 Å². The van der Waals surface area contributed by atoms with Crippen molar-refractivity contribution in [1.82, 2.24) is 5.32 Å². The molecule has 0 bridgehead atoms. The molecule has 0 saturated heterocycles. The number of rotatable bonds is 6. The molecule has 0 amide bonds. The maximum Gasteiger partial charge on any atom is 0.573 e. The van der Waals surface area contributed by atoms with Gasteiger partial charge in [-0.1, -0.05) is 30.3 Å². The van der Waals surface area contributed by atoms with Crippen molar-refractivity contribution in [2.45, 2.75) is 25.5 Å². The predicted molar refractivity (Wildman–Crippen MR) is 80.0 cm³/mol. The van der Waals surface area contributed by atoms with Gasteiger partial charge in [-0.05, 0) is 42.3 Å². The fourth-order valence-electron chi connectivity index (χ4n) is 2.18. The molecule has 1 N–H and O–H groups in total. The second-order valence-corrected chi connectivity index (χ2v) is 5.32. The lowest BCUT2D eigenvalue weighted by molar-refractivity contribution is -0.274. The van der Waals surface area contributed by atoms with Gasteiger partial charge in [0.1, 0.15) is 5.75 Å². The van der Waals surface area contributed by atoms with Crippen LogP contribution in [0, 0.1) is 0 Å². The first-order chi connectivity index (χ1) is 11.6. The predicted octanol–water partition coefficient (Wildman–Crippen LogP) is 4.94. The van der Waals surface area contributed by atoms with Crippen molar-refractivity contribution in [3.05, 3.63) is 65.2 Å². The summed E-state index contributed by atoms with van der Waals surface area (Å²) in [7, 11) is 0. The molecule has 0 aliphatic carbocycles. The lowest BCUT2D eigenvalue weighted by Crippen LogP contribution is -2.18. The smallest absolute Gasteiger partial charge is 0.406 e. The van der Waals surface area contributed by atoms with Crippen LogP contribution in [0.5, 0.6) is 5.75 Å². The van der Waals surface area contributed by atoms with Crippen molar-refractivity contribution in [3.8, 4) is 5.75 Å². The fraction of sp³-hybridized carbons (Fsp3) is 0.294. The Kier molecular flexibility index (Phi) is 5.94. The Bertz CT molecular complexity index is 679. The van der Waals surface area contributed by atoms with Gasteiger partial charge >= 0.3 is 12.5 Å². The van der Waals surface area contributed by atoms with Gasteiger partial charge in [0.25, 0.3) is 0 Å². The lowest BCUT2D eigenvalue weighted by Gasteiger charge is -2.10. The normalized spacial score (nSPS) is 12.2. The maximum atomic E-state index is 12.6. The number of halogens is 6. The van der Waals surface area contributed by atoms with E-state index in [1.807, 2.05) is 0 Å². The van der Waals surface area contributed by atoms with E-state index >= 15 is 0 Å². The summed E-state index contributed by atoms with van der Waals surface area (Å²) >= 11 is 0. The summed E-state index contributed by atoms with van der Waals surface area (Å²) in [5.41, 5.74) is 0.597. The van der Waals surface area contributed by atoms with E-state index in [2.05, 4.69) is 10.1 Å². The molecule has 8 heteroatoms. The number of hydrogen-bond acceptors (Lipinski definition) is 2. The quantitative estimate of drug-likeness (QED) is 0.580. The third-order valence-electron chi connectivity index (χ3n) is 3.33.